The van der Waals surface area contributed by atoms with Crippen LogP contribution in [0.4, 0.5) is 0 Å². The maximum Gasteiger partial charge on any atom is 0.307 e. The monoisotopic (exact) mass is 378 g/mol. The average Bonchev–Trinajstić information content (AvgIpc) is 3.28. The first-order valence-electron chi connectivity index (χ1n) is 10.1. The molecule has 0 radical (unpaired) electrons. The zero-order valence-corrected chi connectivity index (χ0v) is 16.0. The summed E-state index contributed by atoms with van der Waals surface area (Å²) in [5.74, 6) is -0.993. The average molecular weight is 379 g/mol. The Morgan fingerprint density at radius 1 is 1.36 bits per heavy atom. The van der Waals surface area contributed by atoms with E-state index in [1.165, 1.54) is 11.3 Å². The minimum atomic E-state index is -2.14. The fraction of sp³-hybridized carbons (Fsp3) is 0.450. The van der Waals surface area contributed by atoms with Crippen LogP contribution in [-0.4, -0.2) is 35.6 Å². The van der Waals surface area contributed by atoms with Gasteiger partial charge in [0.05, 0.1) is 5.92 Å². The van der Waals surface area contributed by atoms with Crippen LogP contribution in [0.1, 0.15) is 44.3 Å². The molecule has 1 aliphatic rings. The van der Waals surface area contributed by atoms with Crippen LogP contribution in [0, 0.1) is 19.7 Å². The minimum absolute atomic E-state index is 0.281. The second-order valence-corrected chi connectivity index (χ2v) is 8.31. The highest BCUT2D eigenvalue weighted by molar-refractivity contribution is 7.14. The zero-order valence-electron chi connectivity index (χ0n) is 17.3. The topological polar surface area (TPSA) is 40.5 Å². The Balaban J connectivity index is 1.82. The van der Waals surface area contributed by atoms with Crippen LogP contribution in [0.15, 0.2) is 29.0 Å². The van der Waals surface area contributed by atoms with E-state index in [0.29, 0.717) is 12.1 Å². The molecule has 0 aliphatic carbocycles. The van der Waals surface area contributed by atoms with Crippen molar-refractivity contribution in [3.05, 3.63) is 49.9 Å². The van der Waals surface area contributed by atoms with Crippen molar-refractivity contribution in [2.45, 2.75) is 33.0 Å². The molecule has 0 saturated carbocycles. The van der Waals surface area contributed by atoms with Crippen molar-refractivity contribution in [2.24, 2.45) is 5.92 Å². The van der Waals surface area contributed by atoms with E-state index in [0.717, 1.165) is 53.2 Å². The molecule has 1 N–H and O–H groups in total. The molecule has 25 heavy (non-hydrogen) atoms. The lowest BCUT2D eigenvalue weighted by molar-refractivity contribution is -0.143. The van der Waals surface area contributed by atoms with E-state index in [1.54, 1.807) is 17.4 Å². The van der Waals surface area contributed by atoms with E-state index in [4.69, 9.17) is 4.11 Å². The molecule has 3 rings (SSSR count). The summed E-state index contributed by atoms with van der Waals surface area (Å²) >= 11 is 3.10. The first kappa shape index (κ1) is 14.7. The van der Waals surface area contributed by atoms with E-state index in [2.05, 4.69) is 17.0 Å². The largest absolute Gasteiger partial charge is 0.481 e. The first-order chi connectivity index (χ1) is 13.3. The van der Waals surface area contributed by atoms with Gasteiger partial charge in [0.2, 0.25) is 0 Å². The fourth-order valence-corrected chi connectivity index (χ4v) is 5.19. The molecule has 3 heterocycles. The van der Waals surface area contributed by atoms with Crippen LogP contribution in [0.25, 0.3) is 5.57 Å². The number of carboxylic acid groups (broad SMARTS) is 1. The molecule has 1 aliphatic heterocycles. The number of hydrogen-bond acceptors (Lipinski definition) is 4. The third-order valence-electron chi connectivity index (χ3n) is 4.67. The van der Waals surface area contributed by atoms with Gasteiger partial charge in [-0.1, -0.05) is 6.08 Å². The lowest BCUT2D eigenvalue weighted by Crippen LogP contribution is -2.39. The van der Waals surface area contributed by atoms with Gasteiger partial charge >= 0.3 is 5.97 Å². The Hall–Kier alpha value is -1.43. The van der Waals surface area contributed by atoms with Crippen molar-refractivity contribution in [2.75, 3.05) is 19.6 Å². The Morgan fingerprint density at radius 2 is 2.08 bits per heavy atom. The molecule has 0 spiro atoms. The summed E-state index contributed by atoms with van der Waals surface area (Å²) in [6.07, 6.45) is 4.55. The predicted octanol–water partition coefficient (Wildman–Crippen LogP) is 5.04. The number of carbonyl (C=O) groups is 1. The van der Waals surface area contributed by atoms with Crippen LogP contribution in [-0.2, 0) is 4.79 Å². The predicted molar refractivity (Wildman–Crippen MR) is 107 cm³/mol. The number of rotatable bonds is 6. The molecule has 0 bridgehead atoms. The Labute approximate surface area is 161 Å². The van der Waals surface area contributed by atoms with Crippen LogP contribution in [0.5, 0.6) is 0 Å². The maximum absolute atomic E-state index is 11.3. The normalized spacial score (nSPS) is 21.6. The number of piperidine rings is 1. The second-order valence-electron chi connectivity index (χ2n) is 6.48. The highest BCUT2D eigenvalue weighted by atomic mass is 32.1. The summed E-state index contributed by atoms with van der Waals surface area (Å²) in [4.78, 5) is 15.4. The van der Waals surface area contributed by atoms with Crippen molar-refractivity contribution in [1.82, 2.24) is 4.90 Å². The molecule has 5 heteroatoms. The van der Waals surface area contributed by atoms with Crippen LogP contribution in [0.3, 0.4) is 0 Å². The van der Waals surface area contributed by atoms with E-state index in [9.17, 15) is 9.90 Å². The summed E-state index contributed by atoms with van der Waals surface area (Å²) in [6, 6.07) is 3.75. The molecule has 0 aromatic carbocycles. The van der Waals surface area contributed by atoms with Crippen molar-refractivity contribution in [1.29, 1.82) is 0 Å². The molecule has 3 nitrogen and oxygen atoms in total. The smallest absolute Gasteiger partial charge is 0.307 e. The van der Waals surface area contributed by atoms with E-state index < -0.39 is 12.8 Å². The molecule has 0 amide bonds. The van der Waals surface area contributed by atoms with E-state index in [-0.39, 0.29) is 5.92 Å². The summed E-state index contributed by atoms with van der Waals surface area (Å²) < 4.78 is 23.6. The highest BCUT2D eigenvalue weighted by Crippen LogP contribution is 2.35. The van der Waals surface area contributed by atoms with Crippen LogP contribution < -0.4 is 0 Å². The molecular weight excluding hydrogens is 350 g/mol. The van der Waals surface area contributed by atoms with Crippen LogP contribution in [0.2, 0.25) is 0 Å². The van der Waals surface area contributed by atoms with Gasteiger partial charge in [0, 0.05) is 32.5 Å². The third-order valence-corrected chi connectivity index (χ3v) is 6.66. The summed E-state index contributed by atoms with van der Waals surface area (Å²) in [5.41, 5.74) is 2.53. The van der Waals surface area contributed by atoms with Crippen molar-refractivity contribution >= 4 is 34.2 Å². The molecule has 2 aromatic rings. The lowest BCUT2D eigenvalue weighted by Gasteiger charge is -2.30. The number of aliphatic carboxylic acids is 1. The third kappa shape index (κ3) is 4.40. The van der Waals surface area contributed by atoms with Gasteiger partial charge < -0.3 is 10.0 Å². The SMILES string of the molecule is [2H]C([2H])([2H])c1ccsc1/C(=C\CCN1CCC[C@@H](C(=O)O)C1)c1sccc1C. The highest BCUT2D eigenvalue weighted by Gasteiger charge is 2.24. The van der Waals surface area contributed by atoms with Crippen molar-refractivity contribution in [3.8, 4) is 0 Å². The molecule has 134 valence electrons. The van der Waals surface area contributed by atoms with Gasteiger partial charge in [0.15, 0.2) is 0 Å². The Bertz CT molecular complexity index is 854. The quantitative estimate of drug-likeness (QED) is 0.765. The van der Waals surface area contributed by atoms with Gasteiger partial charge in [-0.15, -0.1) is 22.7 Å². The van der Waals surface area contributed by atoms with E-state index in [1.807, 2.05) is 17.7 Å². The summed E-state index contributed by atoms with van der Waals surface area (Å²) in [5, 5.41) is 13.1. The first-order valence-corrected chi connectivity index (χ1v) is 10.3. The number of aryl methyl sites for hydroxylation is 2. The molecule has 2 aromatic heterocycles. The Kier molecular flexibility index (Phi) is 4.88. The number of hydrogen-bond donors (Lipinski definition) is 1. The lowest BCUT2D eigenvalue weighted by atomic mass is 9.98. The van der Waals surface area contributed by atoms with Gasteiger partial charge in [0.25, 0.3) is 0 Å². The van der Waals surface area contributed by atoms with Crippen molar-refractivity contribution < 1.29 is 14.0 Å². The van der Waals surface area contributed by atoms with Gasteiger partial charge in [-0.3, -0.25) is 4.79 Å². The maximum atomic E-state index is 11.3. The number of likely N-dealkylation sites (tertiary alicyclic amines) is 1. The second kappa shape index (κ2) is 8.30. The number of thiophene rings is 2. The molecular formula is C20H25NO2S2. The number of nitrogens with zero attached hydrogens (tertiary/aromatic N) is 1. The Morgan fingerprint density at radius 3 is 2.80 bits per heavy atom. The van der Waals surface area contributed by atoms with Gasteiger partial charge in [-0.05, 0) is 73.6 Å². The summed E-state index contributed by atoms with van der Waals surface area (Å²) in [7, 11) is 0. The standard InChI is InChI=1S/C20H25NO2S2/c1-14-7-11-24-18(14)17(19-15(2)8-12-25-19)6-4-10-21-9-3-5-16(13-21)20(22)23/h6-8,11-12,16H,3-5,9-10,13H2,1-2H3,(H,22,23)/t16-/m1/s1/i1D3/b17-6+. The van der Waals surface area contributed by atoms with Crippen LogP contribution >= 0.6 is 22.7 Å². The molecule has 1 fully saturated rings. The fourth-order valence-electron chi connectivity index (χ4n) is 3.31. The molecule has 0 unspecified atom stereocenters. The number of carboxylic acids is 1. The van der Waals surface area contributed by atoms with Gasteiger partial charge in [-0.25, -0.2) is 0 Å². The summed E-state index contributed by atoms with van der Waals surface area (Å²) in [6.45, 7) is 2.21. The molecule has 1 atom stereocenters. The van der Waals surface area contributed by atoms with Gasteiger partial charge in [0.1, 0.15) is 0 Å². The van der Waals surface area contributed by atoms with Gasteiger partial charge in [-0.2, -0.15) is 0 Å². The van der Waals surface area contributed by atoms with Crippen molar-refractivity contribution in [3.63, 3.8) is 0 Å². The zero-order chi connectivity index (χ0) is 20.3. The van der Waals surface area contributed by atoms with E-state index >= 15 is 0 Å². The minimum Gasteiger partial charge on any atom is -0.481 e. The molecule has 1 saturated heterocycles.